The summed E-state index contributed by atoms with van der Waals surface area (Å²) >= 11 is 0. The van der Waals surface area contributed by atoms with Crippen molar-refractivity contribution in [3.05, 3.63) is 68.8 Å². The molecule has 1 saturated carbocycles. The molecule has 0 radical (unpaired) electrons. The topological polar surface area (TPSA) is 103 Å². The van der Waals surface area contributed by atoms with Crippen LogP contribution in [0.3, 0.4) is 0 Å². The smallest absolute Gasteiger partial charge is 0.407 e. The van der Waals surface area contributed by atoms with E-state index in [1.54, 1.807) is 32.3 Å². The number of hydrogen-bond donors (Lipinski definition) is 1. The van der Waals surface area contributed by atoms with Crippen LogP contribution in [-0.4, -0.2) is 33.8 Å². The van der Waals surface area contributed by atoms with Gasteiger partial charge in [-0.3, -0.25) is 4.79 Å². The number of carbonyl (C=O) groups is 2. The number of aromatic nitrogens is 2. The highest BCUT2D eigenvalue weighted by atomic mass is 19.1. The highest BCUT2D eigenvalue weighted by molar-refractivity contribution is 5.93. The zero-order chi connectivity index (χ0) is 27.2. The Labute approximate surface area is 219 Å². The molecule has 0 bridgehead atoms. The van der Waals surface area contributed by atoms with E-state index in [0.717, 1.165) is 29.5 Å². The molecule has 1 aliphatic carbocycles. The van der Waals surface area contributed by atoms with Gasteiger partial charge in [-0.15, -0.1) is 0 Å². The number of nitrogens with zero attached hydrogens (tertiary/aromatic N) is 3. The van der Waals surface area contributed by atoms with Crippen molar-refractivity contribution < 1.29 is 23.5 Å². The van der Waals surface area contributed by atoms with Gasteiger partial charge in [-0.2, -0.15) is 0 Å². The van der Waals surface area contributed by atoms with Crippen LogP contribution in [0.4, 0.5) is 15.0 Å². The molecule has 5 rings (SSSR count). The number of anilines is 1. The van der Waals surface area contributed by atoms with Crippen LogP contribution < -0.4 is 15.6 Å². The summed E-state index contributed by atoms with van der Waals surface area (Å²) in [6, 6.07) is 7.07. The van der Waals surface area contributed by atoms with Crippen LogP contribution in [0.15, 0.2) is 35.3 Å². The van der Waals surface area contributed by atoms with E-state index in [2.05, 4.69) is 10.3 Å². The molecule has 3 heterocycles. The second-order valence-corrected chi connectivity index (χ2v) is 10.7. The highest BCUT2D eigenvalue weighted by Gasteiger charge is 2.31. The molecule has 10 heteroatoms. The zero-order valence-corrected chi connectivity index (χ0v) is 22.0. The van der Waals surface area contributed by atoms with Crippen LogP contribution in [0.2, 0.25) is 0 Å². The number of rotatable bonds is 6. The number of hydrogen-bond acceptors (Lipinski definition) is 7. The highest BCUT2D eigenvalue weighted by Crippen LogP contribution is 2.38. The van der Waals surface area contributed by atoms with Crippen LogP contribution >= 0.6 is 0 Å². The fraction of sp³-hybridized carbons (Fsp3) is 0.429. The Hall–Kier alpha value is -3.95. The van der Waals surface area contributed by atoms with Crippen molar-refractivity contribution in [2.24, 2.45) is 0 Å². The molecule has 1 fully saturated rings. The first kappa shape index (κ1) is 25.7. The minimum absolute atomic E-state index is 0.0580. The van der Waals surface area contributed by atoms with Crippen molar-refractivity contribution in [3.63, 3.8) is 0 Å². The Morgan fingerprint density at radius 3 is 2.66 bits per heavy atom. The van der Waals surface area contributed by atoms with Crippen LogP contribution in [0.5, 0.6) is 0 Å². The number of nitrogens with one attached hydrogen (secondary N) is 1. The van der Waals surface area contributed by atoms with Gasteiger partial charge >= 0.3 is 12.1 Å². The Morgan fingerprint density at radius 1 is 1.21 bits per heavy atom. The maximum absolute atomic E-state index is 15.5. The van der Waals surface area contributed by atoms with Crippen LogP contribution in [0.25, 0.3) is 11.0 Å². The standard InChI is InChI=1S/C28H31FN4O5/c1-5-37-26(35)21-15-33(18-9-10-18)24-19(23(21)34)11-22(29)25(31-24)32-13-17-8-6-7-16(20(17)14-32)12-30-27(36)38-28(2,3)4/h6-8,11,15,18H,5,9-10,12-14H2,1-4H3,(H,30,36). The third-order valence-electron chi connectivity index (χ3n) is 6.58. The van der Waals surface area contributed by atoms with E-state index in [0.29, 0.717) is 18.7 Å². The lowest BCUT2D eigenvalue weighted by molar-refractivity contribution is 0.0513. The minimum atomic E-state index is -0.721. The lowest BCUT2D eigenvalue weighted by Gasteiger charge is -2.20. The van der Waals surface area contributed by atoms with Gasteiger partial charge in [0.15, 0.2) is 11.6 Å². The number of carbonyl (C=O) groups excluding carboxylic acids is 2. The number of amides is 1. The minimum Gasteiger partial charge on any atom is -0.462 e. The number of esters is 1. The molecule has 1 aromatic carbocycles. The van der Waals surface area contributed by atoms with Gasteiger partial charge < -0.3 is 24.3 Å². The third kappa shape index (κ3) is 5.07. The van der Waals surface area contributed by atoms with Crippen molar-refractivity contribution in [3.8, 4) is 0 Å². The number of fused-ring (bicyclic) bond motifs is 2. The van der Waals surface area contributed by atoms with Gasteiger partial charge in [0.05, 0.1) is 12.0 Å². The molecular formula is C28H31FN4O5. The summed E-state index contributed by atoms with van der Waals surface area (Å²) < 4.78 is 27.6. The third-order valence-corrected chi connectivity index (χ3v) is 6.58. The molecule has 9 nitrogen and oxygen atoms in total. The van der Waals surface area contributed by atoms with Gasteiger partial charge in [-0.1, -0.05) is 18.2 Å². The van der Waals surface area contributed by atoms with Gasteiger partial charge in [0.1, 0.15) is 16.8 Å². The Kier molecular flexibility index (Phi) is 6.58. The molecule has 2 aromatic heterocycles. The summed E-state index contributed by atoms with van der Waals surface area (Å²) in [7, 11) is 0. The molecule has 1 N–H and O–H groups in total. The second-order valence-electron chi connectivity index (χ2n) is 10.7. The van der Waals surface area contributed by atoms with E-state index in [-0.39, 0.29) is 36.0 Å². The van der Waals surface area contributed by atoms with Gasteiger partial charge in [0, 0.05) is 31.9 Å². The monoisotopic (exact) mass is 522 g/mol. The number of alkyl carbamates (subject to hydrolysis) is 1. The number of halogens is 1. The first-order valence-electron chi connectivity index (χ1n) is 12.8. The maximum Gasteiger partial charge on any atom is 0.407 e. The first-order valence-corrected chi connectivity index (χ1v) is 12.8. The van der Waals surface area contributed by atoms with E-state index in [9.17, 15) is 14.4 Å². The lowest BCUT2D eigenvalue weighted by atomic mass is 10.0. The number of ether oxygens (including phenoxy) is 2. The molecular weight excluding hydrogens is 491 g/mol. The van der Waals surface area contributed by atoms with E-state index in [1.807, 2.05) is 23.1 Å². The molecule has 3 aromatic rings. The molecule has 0 atom stereocenters. The summed E-state index contributed by atoms with van der Waals surface area (Å²) in [6.07, 6.45) is 2.76. The molecule has 1 amide bonds. The molecule has 0 spiro atoms. The summed E-state index contributed by atoms with van der Waals surface area (Å²) in [5, 5.41) is 2.84. The average Bonchev–Trinajstić information content (AvgIpc) is 3.59. The quantitative estimate of drug-likeness (QED) is 0.472. The molecule has 0 unspecified atom stereocenters. The first-order chi connectivity index (χ1) is 18.1. The Morgan fingerprint density at radius 2 is 1.97 bits per heavy atom. The zero-order valence-electron chi connectivity index (χ0n) is 22.0. The van der Waals surface area contributed by atoms with Crippen molar-refractivity contribution in [2.75, 3.05) is 11.5 Å². The van der Waals surface area contributed by atoms with Crippen LogP contribution in [0, 0.1) is 5.82 Å². The Bertz CT molecular complexity index is 1490. The molecule has 2 aliphatic rings. The number of pyridine rings is 2. The van der Waals surface area contributed by atoms with Crippen LogP contribution in [-0.2, 0) is 29.1 Å². The maximum atomic E-state index is 15.5. The van der Waals surface area contributed by atoms with E-state index >= 15 is 4.39 Å². The predicted molar refractivity (Wildman–Crippen MR) is 140 cm³/mol. The summed E-state index contributed by atoms with van der Waals surface area (Å²) in [6.45, 7) is 8.31. The van der Waals surface area contributed by atoms with Crippen LogP contribution in [0.1, 0.15) is 73.6 Å². The molecule has 0 saturated heterocycles. The van der Waals surface area contributed by atoms with Gasteiger partial charge in [-0.25, -0.2) is 19.0 Å². The molecule has 38 heavy (non-hydrogen) atoms. The van der Waals surface area contributed by atoms with Gasteiger partial charge in [0.2, 0.25) is 5.43 Å². The van der Waals surface area contributed by atoms with Crippen molar-refractivity contribution in [2.45, 2.75) is 71.8 Å². The SMILES string of the molecule is CCOC(=O)c1cn(C2CC2)c2nc(N3Cc4cccc(CNC(=O)OC(C)(C)C)c4C3)c(F)cc2c1=O. The fourth-order valence-electron chi connectivity index (χ4n) is 4.73. The average molecular weight is 523 g/mol. The van der Waals surface area contributed by atoms with Crippen molar-refractivity contribution >= 4 is 28.9 Å². The van der Waals surface area contributed by atoms with E-state index < -0.39 is 28.9 Å². The summed E-state index contributed by atoms with van der Waals surface area (Å²) in [4.78, 5) is 44.1. The second kappa shape index (κ2) is 9.74. The molecule has 1 aliphatic heterocycles. The van der Waals surface area contributed by atoms with Crippen molar-refractivity contribution in [1.82, 2.24) is 14.9 Å². The fourth-order valence-corrected chi connectivity index (χ4v) is 4.73. The predicted octanol–water partition coefficient (Wildman–Crippen LogP) is 4.59. The van der Waals surface area contributed by atoms with Gasteiger partial charge in [-0.05, 0) is 63.3 Å². The van der Waals surface area contributed by atoms with E-state index in [4.69, 9.17) is 9.47 Å². The summed E-state index contributed by atoms with van der Waals surface area (Å²) in [5.74, 6) is -1.22. The number of benzene rings is 1. The normalized spacial score (nSPS) is 14.9. The van der Waals surface area contributed by atoms with Crippen molar-refractivity contribution in [1.29, 1.82) is 0 Å². The summed E-state index contributed by atoms with van der Waals surface area (Å²) in [5.41, 5.74) is 1.95. The lowest BCUT2D eigenvalue weighted by Crippen LogP contribution is -2.32. The van der Waals surface area contributed by atoms with E-state index in [1.165, 1.54) is 12.3 Å². The Balaban J connectivity index is 1.46. The molecule has 200 valence electrons. The largest absolute Gasteiger partial charge is 0.462 e. The van der Waals surface area contributed by atoms with Gasteiger partial charge in [0.25, 0.3) is 0 Å².